The molecule has 2 aromatic carbocycles. The van der Waals surface area contributed by atoms with Gasteiger partial charge in [0.2, 0.25) is 10.0 Å². The summed E-state index contributed by atoms with van der Waals surface area (Å²) in [5.41, 5.74) is 2.21. The molecule has 3 rings (SSSR count). The predicted octanol–water partition coefficient (Wildman–Crippen LogP) is 1.99. The fourth-order valence-corrected chi connectivity index (χ4v) is 3.35. The van der Waals surface area contributed by atoms with Crippen molar-refractivity contribution in [2.45, 2.75) is 30.3 Å². The highest BCUT2D eigenvalue weighted by atomic mass is 32.2. The normalized spacial score (nSPS) is 18.8. The van der Waals surface area contributed by atoms with E-state index >= 15 is 0 Å². The largest absolute Gasteiger partial charge is 0.492 e. The van der Waals surface area contributed by atoms with Crippen molar-refractivity contribution in [2.75, 3.05) is 6.61 Å². The van der Waals surface area contributed by atoms with Gasteiger partial charge in [0.1, 0.15) is 12.4 Å². The quantitative estimate of drug-likeness (QED) is 0.897. The molecular formula is C17H20N2O3S. The molecule has 1 aliphatic rings. The number of nitrogens with one attached hydrogen (secondary N) is 1. The van der Waals surface area contributed by atoms with Gasteiger partial charge in [-0.25, -0.2) is 13.6 Å². The first-order valence-corrected chi connectivity index (χ1v) is 9.07. The summed E-state index contributed by atoms with van der Waals surface area (Å²) in [5, 5.41) is 8.65. The summed E-state index contributed by atoms with van der Waals surface area (Å²) < 4.78 is 28.4. The molecule has 0 radical (unpaired) electrons. The van der Waals surface area contributed by atoms with E-state index in [1.54, 1.807) is 12.1 Å². The van der Waals surface area contributed by atoms with Crippen molar-refractivity contribution in [1.82, 2.24) is 5.32 Å². The highest BCUT2D eigenvalue weighted by Crippen LogP contribution is 2.25. The molecule has 3 N–H and O–H groups in total. The van der Waals surface area contributed by atoms with Gasteiger partial charge in [-0.1, -0.05) is 30.3 Å². The number of fused-ring (bicyclic) bond motifs is 1. The average Bonchev–Trinajstić information content (AvgIpc) is 2.54. The van der Waals surface area contributed by atoms with E-state index in [0.29, 0.717) is 6.61 Å². The SMILES string of the molecule is C[C@@H](N[C@H]1COc2ccccc2C1)c1ccc(S(N)(=O)=O)cc1. The Hall–Kier alpha value is -1.89. The molecule has 6 heteroatoms. The minimum Gasteiger partial charge on any atom is -0.492 e. The molecule has 0 saturated carbocycles. The van der Waals surface area contributed by atoms with Crippen LogP contribution in [0, 0.1) is 0 Å². The Morgan fingerprint density at radius 3 is 2.57 bits per heavy atom. The van der Waals surface area contributed by atoms with Crippen LogP contribution in [-0.4, -0.2) is 21.1 Å². The Balaban J connectivity index is 1.67. The van der Waals surface area contributed by atoms with Crippen LogP contribution < -0.4 is 15.2 Å². The monoisotopic (exact) mass is 332 g/mol. The number of primary sulfonamides is 1. The zero-order valence-electron chi connectivity index (χ0n) is 12.9. The summed E-state index contributed by atoms with van der Waals surface area (Å²) in [6.07, 6.45) is 0.912. The number of benzene rings is 2. The van der Waals surface area contributed by atoms with Gasteiger partial charge < -0.3 is 10.1 Å². The van der Waals surface area contributed by atoms with Gasteiger partial charge in [0.15, 0.2) is 0 Å². The van der Waals surface area contributed by atoms with E-state index in [-0.39, 0.29) is 17.0 Å². The van der Waals surface area contributed by atoms with Crippen LogP contribution in [0.15, 0.2) is 53.4 Å². The minimum atomic E-state index is -3.65. The smallest absolute Gasteiger partial charge is 0.238 e. The number of nitrogens with two attached hydrogens (primary N) is 1. The standard InChI is InChI=1S/C17H20N2O3S/c1-12(13-6-8-16(9-7-13)23(18,20)21)19-15-10-14-4-2-3-5-17(14)22-11-15/h2-9,12,15,19H,10-11H2,1H3,(H2,18,20,21)/t12-,15-/m1/s1. The highest BCUT2D eigenvalue weighted by molar-refractivity contribution is 7.89. The number of rotatable bonds is 4. The molecule has 0 aromatic heterocycles. The van der Waals surface area contributed by atoms with E-state index in [2.05, 4.69) is 11.4 Å². The summed E-state index contributed by atoms with van der Waals surface area (Å²) in [6.45, 7) is 2.67. The van der Waals surface area contributed by atoms with Crippen LogP contribution in [0.1, 0.15) is 24.1 Å². The molecule has 1 aliphatic heterocycles. The molecule has 0 unspecified atom stereocenters. The zero-order chi connectivity index (χ0) is 16.4. The number of ether oxygens (including phenoxy) is 1. The van der Waals surface area contributed by atoms with E-state index in [1.807, 2.05) is 25.1 Å². The number of sulfonamides is 1. The molecule has 0 fully saturated rings. The van der Waals surface area contributed by atoms with Gasteiger partial charge in [-0.05, 0) is 42.7 Å². The van der Waals surface area contributed by atoms with Crippen LogP contribution >= 0.6 is 0 Å². The van der Waals surface area contributed by atoms with Crippen molar-refractivity contribution in [2.24, 2.45) is 5.14 Å². The summed E-state index contributed by atoms with van der Waals surface area (Å²) >= 11 is 0. The molecule has 0 amide bonds. The predicted molar refractivity (Wildman–Crippen MR) is 88.8 cm³/mol. The lowest BCUT2D eigenvalue weighted by atomic mass is 10.0. The molecule has 0 saturated heterocycles. The minimum absolute atomic E-state index is 0.0865. The van der Waals surface area contributed by atoms with Gasteiger partial charge in [0, 0.05) is 12.1 Å². The van der Waals surface area contributed by atoms with Crippen molar-refractivity contribution in [1.29, 1.82) is 0 Å². The molecule has 23 heavy (non-hydrogen) atoms. The molecule has 0 bridgehead atoms. The van der Waals surface area contributed by atoms with Gasteiger partial charge in [-0.2, -0.15) is 0 Å². The summed E-state index contributed by atoms with van der Waals surface area (Å²) in [5.74, 6) is 0.954. The van der Waals surface area contributed by atoms with E-state index in [1.165, 1.54) is 17.7 Å². The van der Waals surface area contributed by atoms with Crippen LogP contribution in [-0.2, 0) is 16.4 Å². The Morgan fingerprint density at radius 1 is 1.17 bits per heavy atom. The number of hydrogen-bond acceptors (Lipinski definition) is 4. The molecule has 0 spiro atoms. The third kappa shape index (κ3) is 3.72. The molecule has 0 aliphatic carbocycles. The zero-order valence-corrected chi connectivity index (χ0v) is 13.7. The van der Waals surface area contributed by atoms with Gasteiger partial charge in [0.05, 0.1) is 4.90 Å². The van der Waals surface area contributed by atoms with Crippen molar-refractivity contribution in [3.63, 3.8) is 0 Å². The molecule has 2 atom stereocenters. The highest BCUT2D eigenvalue weighted by Gasteiger charge is 2.21. The molecule has 2 aromatic rings. The molecular weight excluding hydrogens is 312 g/mol. The maximum absolute atomic E-state index is 11.3. The summed E-state index contributed by atoms with van der Waals surface area (Å²) in [7, 11) is -3.65. The lowest BCUT2D eigenvalue weighted by Crippen LogP contribution is -2.40. The lowest BCUT2D eigenvalue weighted by Gasteiger charge is -2.29. The second kappa shape index (κ2) is 6.31. The van der Waals surface area contributed by atoms with Crippen LogP contribution in [0.3, 0.4) is 0 Å². The fourth-order valence-electron chi connectivity index (χ4n) is 2.83. The average molecular weight is 332 g/mol. The van der Waals surface area contributed by atoms with Crippen LogP contribution in [0.2, 0.25) is 0 Å². The first kappa shape index (κ1) is 16.0. The topological polar surface area (TPSA) is 81.4 Å². The van der Waals surface area contributed by atoms with Gasteiger partial charge >= 0.3 is 0 Å². The number of hydrogen-bond donors (Lipinski definition) is 2. The van der Waals surface area contributed by atoms with Crippen LogP contribution in [0.25, 0.3) is 0 Å². The van der Waals surface area contributed by atoms with Gasteiger partial charge in [0.25, 0.3) is 0 Å². The second-order valence-corrected chi connectivity index (χ2v) is 7.38. The van der Waals surface area contributed by atoms with Crippen molar-refractivity contribution in [3.05, 3.63) is 59.7 Å². The third-order valence-electron chi connectivity index (χ3n) is 4.07. The van der Waals surface area contributed by atoms with E-state index in [9.17, 15) is 8.42 Å². The first-order valence-electron chi connectivity index (χ1n) is 7.53. The lowest BCUT2D eigenvalue weighted by molar-refractivity contribution is 0.229. The molecule has 5 nitrogen and oxygen atoms in total. The Labute approximate surface area is 136 Å². The summed E-state index contributed by atoms with van der Waals surface area (Å²) in [4.78, 5) is 0.128. The van der Waals surface area contributed by atoms with E-state index < -0.39 is 10.0 Å². The molecule has 122 valence electrons. The van der Waals surface area contributed by atoms with Crippen molar-refractivity contribution < 1.29 is 13.2 Å². The van der Waals surface area contributed by atoms with Crippen LogP contribution in [0.5, 0.6) is 5.75 Å². The van der Waals surface area contributed by atoms with E-state index in [4.69, 9.17) is 9.88 Å². The van der Waals surface area contributed by atoms with E-state index in [0.717, 1.165) is 17.7 Å². The Bertz CT molecular complexity index is 788. The third-order valence-corrected chi connectivity index (χ3v) is 5.00. The fraction of sp³-hybridized carbons (Fsp3) is 0.294. The van der Waals surface area contributed by atoms with Crippen LogP contribution in [0.4, 0.5) is 0 Å². The maximum atomic E-state index is 11.3. The first-order chi connectivity index (χ1) is 10.9. The van der Waals surface area contributed by atoms with Crippen molar-refractivity contribution in [3.8, 4) is 5.75 Å². The van der Waals surface area contributed by atoms with Crippen molar-refractivity contribution >= 4 is 10.0 Å². The Kier molecular flexibility index (Phi) is 4.39. The van der Waals surface area contributed by atoms with Gasteiger partial charge in [-0.15, -0.1) is 0 Å². The molecule has 1 heterocycles. The second-order valence-electron chi connectivity index (χ2n) is 5.82. The maximum Gasteiger partial charge on any atom is 0.238 e. The Morgan fingerprint density at radius 2 is 1.87 bits per heavy atom. The number of para-hydroxylation sites is 1. The summed E-state index contributed by atoms with van der Waals surface area (Å²) in [6, 6.07) is 15.0. The van der Waals surface area contributed by atoms with Gasteiger partial charge in [-0.3, -0.25) is 0 Å².